The van der Waals surface area contributed by atoms with Gasteiger partial charge in [-0.1, -0.05) is 6.07 Å². The SMILES string of the molecule is N=C(N)c1ccc(NC(=O)[C@H](O)[C@H]2OCCN(c3cccc(OC(F)(F)F)c3)C2=O)cc1O. The molecule has 0 unspecified atom stereocenters. The number of phenolic OH excluding ortho intramolecular Hbond substituents is 1. The van der Waals surface area contributed by atoms with Crippen LogP contribution in [0.3, 0.4) is 0 Å². The van der Waals surface area contributed by atoms with Crippen LogP contribution in [0.25, 0.3) is 0 Å². The second-order valence-corrected chi connectivity index (χ2v) is 6.91. The van der Waals surface area contributed by atoms with Gasteiger partial charge >= 0.3 is 6.36 Å². The Kier molecular flexibility index (Phi) is 6.74. The van der Waals surface area contributed by atoms with E-state index in [1.807, 2.05) is 0 Å². The Hall–Kier alpha value is -3.84. The summed E-state index contributed by atoms with van der Waals surface area (Å²) >= 11 is 0. The molecule has 0 spiro atoms. The first kappa shape index (κ1) is 23.8. The molecule has 2 aromatic carbocycles. The third-order valence-electron chi connectivity index (χ3n) is 4.60. The van der Waals surface area contributed by atoms with E-state index in [-0.39, 0.29) is 35.8 Å². The molecule has 13 heteroatoms. The molecule has 1 saturated heterocycles. The number of halogens is 3. The standard InChI is InChI=1S/C20H19F3N4O6/c21-20(22,23)33-12-3-1-2-11(9-12)27-6-7-32-16(19(27)31)15(29)18(30)26-10-4-5-13(17(24)25)14(28)8-10/h1-5,8-9,15-16,28-29H,6-7H2,(H3,24,25)(H,26,30)/t15-,16-/m1/s1. The molecule has 2 amide bonds. The number of rotatable bonds is 6. The molecule has 0 aromatic heterocycles. The molecule has 3 rings (SSSR count). The van der Waals surface area contributed by atoms with Gasteiger partial charge in [0.05, 0.1) is 12.2 Å². The average molecular weight is 468 g/mol. The van der Waals surface area contributed by atoms with Crippen molar-refractivity contribution in [1.29, 1.82) is 5.41 Å². The third-order valence-corrected chi connectivity index (χ3v) is 4.60. The van der Waals surface area contributed by atoms with Gasteiger partial charge in [-0.2, -0.15) is 0 Å². The minimum atomic E-state index is -4.92. The summed E-state index contributed by atoms with van der Waals surface area (Å²) in [6.45, 7) is -0.126. The normalized spacial score (nSPS) is 17.4. The van der Waals surface area contributed by atoms with E-state index >= 15 is 0 Å². The van der Waals surface area contributed by atoms with Crippen molar-refractivity contribution in [3.05, 3.63) is 48.0 Å². The van der Waals surface area contributed by atoms with Crippen LogP contribution in [-0.4, -0.2) is 59.6 Å². The molecule has 2 atom stereocenters. The van der Waals surface area contributed by atoms with Crippen LogP contribution in [0.5, 0.6) is 11.5 Å². The second kappa shape index (κ2) is 9.34. The van der Waals surface area contributed by atoms with Gasteiger partial charge in [-0.25, -0.2) is 0 Å². The molecule has 0 saturated carbocycles. The fraction of sp³-hybridized carbons (Fsp3) is 0.250. The summed E-state index contributed by atoms with van der Waals surface area (Å²) < 4.78 is 46.5. The highest BCUT2D eigenvalue weighted by atomic mass is 19.4. The summed E-state index contributed by atoms with van der Waals surface area (Å²) in [6, 6.07) is 8.39. The first-order chi connectivity index (χ1) is 15.5. The minimum Gasteiger partial charge on any atom is -0.507 e. The molecule has 1 heterocycles. The first-order valence-electron chi connectivity index (χ1n) is 9.41. The van der Waals surface area contributed by atoms with Gasteiger partial charge < -0.3 is 35.6 Å². The van der Waals surface area contributed by atoms with Gasteiger partial charge in [0.1, 0.15) is 17.3 Å². The Morgan fingerprint density at radius 1 is 1.30 bits per heavy atom. The van der Waals surface area contributed by atoms with E-state index in [1.54, 1.807) is 0 Å². The lowest BCUT2D eigenvalue weighted by Gasteiger charge is -2.34. The van der Waals surface area contributed by atoms with E-state index < -0.39 is 42.0 Å². The van der Waals surface area contributed by atoms with E-state index in [2.05, 4.69) is 10.1 Å². The van der Waals surface area contributed by atoms with Crippen molar-refractivity contribution >= 4 is 29.0 Å². The fourth-order valence-corrected chi connectivity index (χ4v) is 3.13. The number of amides is 2. The zero-order valence-corrected chi connectivity index (χ0v) is 16.8. The Morgan fingerprint density at radius 2 is 2.03 bits per heavy atom. The number of phenols is 1. The van der Waals surface area contributed by atoms with Crippen molar-refractivity contribution in [3.8, 4) is 11.5 Å². The maximum absolute atomic E-state index is 12.8. The number of morpholine rings is 1. The monoisotopic (exact) mass is 468 g/mol. The number of aromatic hydroxyl groups is 1. The van der Waals surface area contributed by atoms with Gasteiger partial charge in [-0.05, 0) is 24.3 Å². The third kappa shape index (κ3) is 5.70. The number of nitrogen functional groups attached to an aromatic ring is 1. The molecule has 0 bridgehead atoms. The van der Waals surface area contributed by atoms with Crippen molar-refractivity contribution < 1.29 is 42.4 Å². The fourth-order valence-electron chi connectivity index (χ4n) is 3.13. The Bertz CT molecular complexity index is 1080. The number of hydrogen-bond acceptors (Lipinski definition) is 7. The second-order valence-electron chi connectivity index (χ2n) is 6.91. The van der Waals surface area contributed by atoms with Gasteiger partial charge in [-0.3, -0.25) is 15.0 Å². The van der Waals surface area contributed by atoms with Crippen LogP contribution in [0.15, 0.2) is 42.5 Å². The first-order valence-corrected chi connectivity index (χ1v) is 9.41. The maximum Gasteiger partial charge on any atom is 0.573 e. The van der Waals surface area contributed by atoms with Gasteiger partial charge in [0.15, 0.2) is 12.2 Å². The molecule has 6 N–H and O–H groups in total. The van der Waals surface area contributed by atoms with Crippen LogP contribution in [0.2, 0.25) is 0 Å². The highest BCUT2D eigenvalue weighted by molar-refractivity contribution is 6.04. The Labute approximate surface area is 184 Å². The summed E-state index contributed by atoms with van der Waals surface area (Å²) in [5.41, 5.74) is 5.45. The number of ether oxygens (including phenoxy) is 2. The van der Waals surface area contributed by atoms with Crippen LogP contribution < -0.4 is 20.7 Å². The predicted molar refractivity (Wildman–Crippen MR) is 109 cm³/mol. The number of nitrogens with one attached hydrogen (secondary N) is 2. The predicted octanol–water partition coefficient (Wildman–Crippen LogP) is 1.31. The van der Waals surface area contributed by atoms with Gasteiger partial charge in [0.2, 0.25) is 0 Å². The van der Waals surface area contributed by atoms with Gasteiger partial charge in [-0.15, -0.1) is 13.2 Å². The van der Waals surface area contributed by atoms with Crippen molar-refractivity contribution in [2.24, 2.45) is 5.73 Å². The number of carbonyl (C=O) groups is 2. The van der Waals surface area contributed by atoms with E-state index in [0.29, 0.717) is 0 Å². The summed E-state index contributed by atoms with van der Waals surface area (Å²) in [5.74, 6) is -3.19. The molecule has 2 aromatic rings. The highest BCUT2D eigenvalue weighted by Gasteiger charge is 2.39. The number of alkyl halides is 3. The molecular weight excluding hydrogens is 449 g/mol. The topological polar surface area (TPSA) is 158 Å². The number of nitrogens with two attached hydrogens (primary N) is 1. The number of carbonyl (C=O) groups excluding carboxylic acids is 2. The summed E-state index contributed by atoms with van der Waals surface area (Å²) in [4.78, 5) is 26.3. The van der Waals surface area contributed by atoms with Crippen LogP contribution in [0, 0.1) is 5.41 Å². The maximum atomic E-state index is 12.8. The number of anilines is 2. The van der Waals surface area contributed by atoms with E-state index in [9.17, 15) is 33.0 Å². The molecule has 0 aliphatic carbocycles. The van der Waals surface area contributed by atoms with E-state index in [0.717, 1.165) is 23.1 Å². The Morgan fingerprint density at radius 3 is 2.67 bits per heavy atom. The molecule has 1 aliphatic heterocycles. The zero-order chi connectivity index (χ0) is 24.3. The lowest BCUT2D eigenvalue weighted by Crippen LogP contribution is -2.55. The summed E-state index contributed by atoms with van der Waals surface area (Å²) in [5, 5.41) is 29.9. The molecule has 1 aliphatic rings. The lowest BCUT2D eigenvalue weighted by molar-refractivity contribution is -0.274. The van der Waals surface area contributed by atoms with Crippen molar-refractivity contribution in [3.63, 3.8) is 0 Å². The number of benzene rings is 2. The Balaban J connectivity index is 1.72. The summed E-state index contributed by atoms with van der Waals surface area (Å²) in [6.07, 6.45) is -8.51. The van der Waals surface area contributed by atoms with Crippen LogP contribution in [0.1, 0.15) is 5.56 Å². The quantitative estimate of drug-likeness (QED) is 0.316. The zero-order valence-electron chi connectivity index (χ0n) is 16.8. The van der Waals surface area contributed by atoms with E-state index in [4.69, 9.17) is 15.9 Å². The van der Waals surface area contributed by atoms with Crippen molar-refractivity contribution in [1.82, 2.24) is 0 Å². The van der Waals surface area contributed by atoms with Crippen molar-refractivity contribution in [2.75, 3.05) is 23.4 Å². The van der Waals surface area contributed by atoms with Crippen LogP contribution in [-0.2, 0) is 14.3 Å². The largest absolute Gasteiger partial charge is 0.573 e. The number of amidine groups is 1. The number of hydrogen-bond donors (Lipinski definition) is 5. The molecule has 10 nitrogen and oxygen atoms in total. The smallest absolute Gasteiger partial charge is 0.507 e. The molecule has 176 valence electrons. The van der Waals surface area contributed by atoms with Gasteiger partial charge in [0, 0.05) is 30.1 Å². The number of aliphatic hydroxyl groups is 1. The summed E-state index contributed by atoms with van der Waals surface area (Å²) in [7, 11) is 0. The molecule has 33 heavy (non-hydrogen) atoms. The highest BCUT2D eigenvalue weighted by Crippen LogP contribution is 2.29. The molecular formula is C20H19F3N4O6. The molecule has 1 fully saturated rings. The van der Waals surface area contributed by atoms with Crippen LogP contribution >= 0.6 is 0 Å². The minimum absolute atomic E-state index is 0.0282. The van der Waals surface area contributed by atoms with Gasteiger partial charge in [0.25, 0.3) is 11.8 Å². The van der Waals surface area contributed by atoms with E-state index in [1.165, 1.54) is 24.3 Å². The number of nitrogens with zero attached hydrogens (tertiary/aromatic N) is 1. The number of aliphatic hydroxyl groups excluding tert-OH is 1. The average Bonchev–Trinajstić information content (AvgIpc) is 2.72. The lowest BCUT2D eigenvalue weighted by atomic mass is 10.1. The van der Waals surface area contributed by atoms with Crippen molar-refractivity contribution in [2.45, 2.75) is 18.6 Å². The van der Waals surface area contributed by atoms with Crippen LogP contribution in [0.4, 0.5) is 24.5 Å². The molecule has 0 radical (unpaired) electrons.